The Hall–Kier alpha value is -3.35. The van der Waals surface area contributed by atoms with Crippen molar-refractivity contribution in [3.8, 4) is 11.1 Å². The van der Waals surface area contributed by atoms with Crippen LogP contribution in [0.4, 0.5) is 4.79 Å². The van der Waals surface area contributed by atoms with Gasteiger partial charge in [0.1, 0.15) is 13.2 Å². The second-order valence-corrected chi connectivity index (χ2v) is 9.95. The van der Waals surface area contributed by atoms with Crippen molar-refractivity contribution in [2.45, 2.75) is 57.0 Å². The van der Waals surface area contributed by atoms with E-state index in [2.05, 4.69) is 29.6 Å². The van der Waals surface area contributed by atoms with Gasteiger partial charge in [0, 0.05) is 11.5 Å². The highest BCUT2D eigenvalue weighted by Crippen LogP contribution is 2.45. The van der Waals surface area contributed by atoms with E-state index in [0.29, 0.717) is 12.8 Å². The molecule has 2 amide bonds. The number of alkyl carbamates (subject to hydrolysis) is 1. The molecule has 2 aromatic carbocycles. The number of ether oxygens (including phenoxy) is 1. The molecule has 2 aliphatic rings. The van der Waals surface area contributed by atoms with E-state index in [1.54, 1.807) is 20.8 Å². The second-order valence-electron chi connectivity index (χ2n) is 9.95. The number of fused-ring (bicyclic) bond motifs is 3. The first-order chi connectivity index (χ1) is 15.6. The molecule has 4 rings (SSSR count). The molecule has 174 valence electrons. The van der Waals surface area contributed by atoms with Crippen LogP contribution in [0.3, 0.4) is 0 Å². The summed E-state index contributed by atoms with van der Waals surface area (Å²) in [7, 11) is 0. The Balaban J connectivity index is 1.39. The van der Waals surface area contributed by atoms with E-state index >= 15 is 0 Å². The monoisotopic (exact) mass is 450 g/mol. The molecule has 33 heavy (non-hydrogen) atoms. The number of nitrogens with one attached hydrogen (secondary N) is 1. The summed E-state index contributed by atoms with van der Waals surface area (Å²) in [4.78, 5) is 38.1. The van der Waals surface area contributed by atoms with E-state index in [1.165, 1.54) is 4.90 Å². The van der Waals surface area contributed by atoms with E-state index in [-0.39, 0.29) is 31.4 Å². The maximum Gasteiger partial charge on any atom is 0.407 e. The number of carboxylic acids is 1. The van der Waals surface area contributed by atoms with Crippen molar-refractivity contribution >= 4 is 18.0 Å². The maximum atomic E-state index is 12.9. The van der Waals surface area contributed by atoms with Crippen molar-refractivity contribution in [3.05, 3.63) is 59.7 Å². The maximum absolute atomic E-state index is 12.9. The number of hydrogen-bond donors (Lipinski definition) is 2. The molecule has 2 aliphatic carbocycles. The van der Waals surface area contributed by atoms with Gasteiger partial charge in [-0.2, -0.15) is 0 Å². The van der Waals surface area contributed by atoms with Crippen molar-refractivity contribution < 1.29 is 24.2 Å². The second kappa shape index (κ2) is 8.54. The summed E-state index contributed by atoms with van der Waals surface area (Å²) >= 11 is 0. The third-order valence-corrected chi connectivity index (χ3v) is 6.46. The number of nitrogens with zero attached hydrogens (tertiary/aromatic N) is 1. The van der Waals surface area contributed by atoms with E-state index in [4.69, 9.17) is 4.74 Å². The highest BCUT2D eigenvalue weighted by molar-refractivity contribution is 5.84. The summed E-state index contributed by atoms with van der Waals surface area (Å²) < 4.78 is 5.62. The SMILES string of the molecule is CC(C)(C)N(CC(=O)O)C(=O)CC1(NC(=O)OCC2c3ccccc3-c3ccccc32)CC1. The number of rotatable bonds is 7. The van der Waals surface area contributed by atoms with E-state index < -0.39 is 23.1 Å². The molecule has 1 saturated carbocycles. The van der Waals surface area contributed by atoms with Gasteiger partial charge in [0.05, 0.1) is 12.0 Å². The molecule has 0 atom stereocenters. The minimum Gasteiger partial charge on any atom is -0.480 e. The van der Waals surface area contributed by atoms with Crippen LogP contribution < -0.4 is 5.32 Å². The standard InChI is InChI=1S/C26H30N2O5/c1-25(2,3)28(15-23(30)31)22(29)14-26(12-13-26)27-24(32)33-16-21-19-10-6-4-8-17(19)18-9-5-7-11-20(18)21/h4-11,21H,12-16H2,1-3H3,(H,27,32)(H,30,31). The van der Waals surface area contributed by atoms with Gasteiger partial charge in [0.25, 0.3) is 0 Å². The molecule has 0 aromatic heterocycles. The van der Waals surface area contributed by atoms with Gasteiger partial charge in [-0.15, -0.1) is 0 Å². The average molecular weight is 451 g/mol. The number of amides is 2. The van der Waals surface area contributed by atoms with Crippen molar-refractivity contribution in [2.75, 3.05) is 13.2 Å². The zero-order valence-corrected chi connectivity index (χ0v) is 19.3. The highest BCUT2D eigenvalue weighted by atomic mass is 16.5. The molecule has 7 heteroatoms. The molecule has 0 aliphatic heterocycles. The van der Waals surface area contributed by atoms with Crippen LogP contribution in [0.2, 0.25) is 0 Å². The summed E-state index contributed by atoms with van der Waals surface area (Å²) in [6.45, 7) is 5.23. The van der Waals surface area contributed by atoms with Crippen LogP contribution in [0.15, 0.2) is 48.5 Å². The third kappa shape index (κ3) is 4.87. The molecule has 0 spiro atoms. The Labute approximate surface area is 193 Å². The van der Waals surface area contributed by atoms with Crippen molar-refractivity contribution in [3.63, 3.8) is 0 Å². The Morgan fingerprint density at radius 3 is 2.06 bits per heavy atom. The van der Waals surface area contributed by atoms with Gasteiger partial charge in [-0.3, -0.25) is 9.59 Å². The first-order valence-electron chi connectivity index (χ1n) is 11.3. The first-order valence-corrected chi connectivity index (χ1v) is 11.3. The van der Waals surface area contributed by atoms with Crippen LogP contribution in [0.5, 0.6) is 0 Å². The number of hydrogen-bond acceptors (Lipinski definition) is 4. The lowest BCUT2D eigenvalue weighted by molar-refractivity contribution is -0.148. The number of carbonyl (C=O) groups is 3. The molecule has 2 N–H and O–H groups in total. The van der Waals surface area contributed by atoms with Crippen LogP contribution >= 0.6 is 0 Å². The predicted octanol–water partition coefficient (Wildman–Crippen LogP) is 4.16. The van der Waals surface area contributed by atoms with Gasteiger partial charge in [0.15, 0.2) is 0 Å². The smallest absolute Gasteiger partial charge is 0.407 e. The Morgan fingerprint density at radius 2 is 1.58 bits per heavy atom. The molecule has 0 heterocycles. The molecule has 7 nitrogen and oxygen atoms in total. The van der Waals surface area contributed by atoms with Crippen LogP contribution in [0.1, 0.15) is 57.1 Å². The summed E-state index contributed by atoms with van der Waals surface area (Å²) in [5, 5.41) is 12.1. The zero-order chi connectivity index (χ0) is 23.8. The molecule has 0 saturated heterocycles. The summed E-state index contributed by atoms with van der Waals surface area (Å²) in [5.41, 5.74) is 3.30. The van der Waals surface area contributed by atoms with Crippen molar-refractivity contribution in [2.24, 2.45) is 0 Å². The molecular formula is C26H30N2O5. The number of carboxylic acid groups (broad SMARTS) is 1. The van der Waals surface area contributed by atoms with Gasteiger partial charge in [-0.05, 0) is 55.9 Å². The number of carbonyl (C=O) groups excluding carboxylic acids is 2. The highest BCUT2D eigenvalue weighted by Gasteiger charge is 2.48. The lowest BCUT2D eigenvalue weighted by Crippen LogP contribution is -2.51. The van der Waals surface area contributed by atoms with Crippen molar-refractivity contribution in [1.82, 2.24) is 10.2 Å². The minimum absolute atomic E-state index is 0.0353. The fraction of sp³-hybridized carbons (Fsp3) is 0.423. The molecule has 1 fully saturated rings. The van der Waals surface area contributed by atoms with Crippen LogP contribution in [0.25, 0.3) is 11.1 Å². The average Bonchev–Trinajstić information content (AvgIpc) is 3.42. The quantitative estimate of drug-likeness (QED) is 0.660. The van der Waals surface area contributed by atoms with Gasteiger partial charge in [0.2, 0.25) is 5.91 Å². The number of aliphatic carboxylic acids is 1. The van der Waals surface area contributed by atoms with Crippen LogP contribution in [0, 0.1) is 0 Å². The Kier molecular flexibility index (Phi) is 5.91. The Bertz CT molecular complexity index is 1040. The topological polar surface area (TPSA) is 95.9 Å². The van der Waals surface area contributed by atoms with Gasteiger partial charge < -0.3 is 20.1 Å². The van der Waals surface area contributed by atoms with Gasteiger partial charge in [-0.1, -0.05) is 48.5 Å². The fourth-order valence-electron chi connectivity index (χ4n) is 4.57. The molecule has 0 unspecified atom stereocenters. The van der Waals surface area contributed by atoms with Gasteiger partial charge >= 0.3 is 12.1 Å². The summed E-state index contributed by atoms with van der Waals surface area (Å²) in [6.07, 6.45) is 0.826. The third-order valence-electron chi connectivity index (χ3n) is 6.46. The lowest BCUT2D eigenvalue weighted by Gasteiger charge is -2.35. The van der Waals surface area contributed by atoms with Crippen LogP contribution in [-0.2, 0) is 14.3 Å². The minimum atomic E-state index is -1.06. The largest absolute Gasteiger partial charge is 0.480 e. The Morgan fingerprint density at radius 1 is 1.03 bits per heavy atom. The predicted molar refractivity (Wildman–Crippen MR) is 124 cm³/mol. The molecule has 0 bridgehead atoms. The number of benzene rings is 2. The molecule has 0 radical (unpaired) electrons. The van der Waals surface area contributed by atoms with Crippen molar-refractivity contribution in [1.29, 1.82) is 0 Å². The fourth-order valence-corrected chi connectivity index (χ4v) is 4.57. The summed E-state index contributed by atoms with van der Waals surface area (Å²) in [6, 6.07) is 16.3. The lowest BCUT2D eigenvalue weighted by atomic mass is 9.98. The van der Waals surface area contributed by atoms with Gasteiger partial charge in [-0.25, -0.2) is 4.79 Å². The normalized spacial score (nSPS) is 15.8. The first kappa shape index (κ1) is 22.8. The molecule has 2 aromatic rings. The van der Waals surface area contributed by atoms with E-state index in [1.807, 2.05) is 24.3 Å². The van der Waals surface area contributed by atoms with E-state index in [0.717, 1.165) is 22.3 Å². The van der Waals surface area contributed by atoms with E-state index in [9.17, 15) is 19.5 Å². The van der Waals surface area contributed by atoms with Crippen LogP contribution in [-0.4, -0.2) is 52.2 Å². The molecular weight excluding hydrogens is 420 g/mol. The summed E-state index contributed by atoms with van der Waals surface area (Å²) in [5.74, 6) is -1.39. The zero-order valence-electron chi connectivity index (χ0n) is 19.3.